The molecule has 3 aromatic rings. The monoisotopic (exact) mass is 533 g/mol. The standard InChI is InChI=1S/C28H28FN5O4.CH4/c29-23-3-1-2-21(16-23)14-15-31-18-26(35)32-24-12-8-20(9-13-24)5-4-19-6-10-22(11-7-19)27(36)33-25(17-30)28(37)34-38;/h1-3,6-13,16,25,31,38H,14-15,17-18,30H2,(H,32,35)(H,33,36)(H,34,37);1H4/t25-;/m0./s1. The molecule has 7 N–H and O–H groups in total. The Bertz CT molecular complexity index is 1320. The number of carbonyl (C=O) groups is 3. The Morgan fingerprint density at radius 2 is 1.59 bits per heavy atom. The molecule has 10 heteroatoms. The maximum atomic E-state index is 13.2. The molecular formula is C29H32FN5O4. The summed E-state index contributed by atoms with van der Waals surface area (Å²) in [6, 6.07) is 18.8. The first-order valence-electron chi connectivity index (χ1n) is 11.8. The first-order chi connectivity index (χ1) is 18.4. The van der Waals surface area contributed by atoms with Crippen LogP contribution in [0.1, 0.15) is 34.5 Å². The Kier molecular flexibility index (Phi) is 12.3. The highest BCUT2D eigenvalue weighted by Gasteiger charge is 2.19. The van der Waals surface area contributed by atoms with E-state index in [0.29, 0.717) is 29.8 Å². The highest BCUT2D eigenvalue weighted by Crippen LogP contribution is 2.10. The second-order valence-corrected chi connectivity index (χ2v) is 8.25. The fourth-order valence-corrected chi connectivity index (χ4v) is 3.37. The summed E-state index contributed by atoms with van der Waals surface area (Å²) in [5.41, 5.74) is 10.1. The second kappa shape index (κ2) is 15.6. The topological polar surface area (TPSA) is 146 Å². The van der Waals surface area contributed by atoms with Crippen LogP contribution in [0.4, 0.5) is 10.1 Å². The van der Waals surface area contributed by atoms with Gasteiger partial charge in [-0.1, -0.05) is 31.4 Å². The molecule has 0 spiro atoms. The molecule has 0 aliphatic carbocycles. The van der Waals surface area contributed by atoms with Crippen molar-refractivity contribution < 1.29 is 24.0 Å². The first-order valence-corrected chi connectivity index (χ1v) is 11.8. The Balaban J connectivity index is 0.00000533. The quantitative estimate of drug-likeness (QED) is 0.102. The van der Waals surface area contributed by atoms with Crippen molar-refractivity contribution in [2.75, 3.05) is 25.0 Å². The number of halogens is 1. The van der Waals surface area contributed by atoms with Crippen LogP contribution < -0.4 is 27.2 Å². The van der Waals surface area contributed by atoms with Gasteiger partial charge in [-0.15, -0.1) is 0 Å². The molecule has 0 aliphatic heterocycles. The third kappa shape index (κ3) is 10.0. The van der Waals surface area contributed by atoms with E-state index in [4.69, 9.17) is 10.9 Å². The lowest BCUT2D eigenvalue weighted by Crippen LogP contribution is -2.50. The Morgan fingerprint density at radius 3 is 2.18 bits per heavy atom. The van der Waals surface area contributed by atoms with Crippen LogP contribution in [0.2, 0.25) is 0 Å². The molecule has 3 rings (SSSR count). The Hall–Kier alpha value is -4.56. The normalized spacial score (nSPS) is 10.7. The van der Waals surface area contributed by atoms with Gasteiger partial charge in [-0.2, -0.15) is 0 Å². The van der Waals surface area contributed by atoms with Gasteiger partial charge in [-0.25, -0.2) is 9.87 Å². The molecule has 9 nitrogen and oxygen atoms in total. The van der Waals surface area contributed by atoms with E-state index in [1.807, 2.05) is 6.07 Å². The summed E-state index contributed by atoms with van der Waals surface area (Å²) in [5.74, 6) is 4.23. The highest BCUT2D eigenvalue weighted by atomic mass is 19.1. The number of nitrogens with two attached hydrogens (primary N) is 1. The van der Waals surface area contributed by atoms with Crippen LogP contribution in [0.15, 0.2) is 72.8 Å². The smallest absolute Gasteiger partial charge is 0.267 e. The second-order valence-electron chi connectivity index (χ2n) is 8.25. The van der Waals surface area contributed by atoms with E-state index in [1.54, 1.807) is 54.6 Å². The predicted molar refractivity (Wildman–Crippen MR) is 147 cm³/mol. The van der Waals surface area contributed by atoms with E-state index in [2.05, 4.69) is 27.8 Å². The average molecular weight is 534 g/mol. The van der Waals surface area contributed by atoms with Crippen molar-refractivity contribution in [1.29, 1.82) is 0 Å². The van der Waals surface area contributed by atoms with Gasteiger partial charge in [-0.05, 0) is 79.2 Å². The molecule has 3 aromatic carbocycles. The number of carbonyl (C=O) groups excluding carboxylic acids is 3. The van der Waals surface area contributed by atoms with E-state index in [-0.39, 0.29) is 32.2 Å². The van der Waals surface area contributed by atoms with Crippen molar-refractivity contribution in [3.63, 3.8) is 0 Å². The summed E-state index contributed by atoms with van der Waals surface area (Å²) in [7, 11) is 0. The van der Waals surface area contributed by atoms with Crippen molar-refractivity contribution >= 4 is 23.4 Å². The summed E-state index contributed by atoms with van der Waals surface area (Å²) in [5, 5.41) is 17.0. The molecule has 0 fully saturated rings. The van der Waals surface area contributed by atoms with Gasteiger partial charge in [0.2, 0.25) is 5.91 Å². The average Bonchev–Trinajstić information content (AvgIpc) is 2.93. The number of amides is 3. The molecule has 204 valence electrons. The van der Waals surface area contributed by atoms with E-state index in [1.165, 1.54) is 17.6 Å². The fraction of sp³-hybridized carbons (Fsp3) is 0.207. The fourth-order valence-electron chi connectivity index (χ4n) is 3.37. The van der Waals surface area contributed by atoms with Crippen LogP contribution >= 0.6 is 0 Å². The molecule has 39 heavy (non-hydrogen) atoms. The summed E-state index contributed by atoms with van der Waals surface area (Å²) in [6.07, 6.45) is 0.617. The SMILES string of the molecule is C.NC[C@H](NC(=O)c1ccc(C#Cc2ccc(NC(=O)CNCCc3cccc(F)c3)cc2)cc1)C(=O)NO. The van der Waals surface area contributed by atoms with Gasteiger partial charge in [0.1, 0.15) is 11.9 Å². The van der Waals surface area contributed by atoms with E-state index < -0.39 is 17.9 Å². The maximum Gasteiger partial charge on any atom is 0.267 e. The minimum Gasteiger partial charge on any atom is -0.339 e. The number of benzene rings is 3. The van der Waals surface area contributed by atoms with Crippen LogP contribution in [-0.4, -0.2) is 48.6 Å². The summed E-state index contributed by atoms with van der Waals surface area (Å²) < 4.78 is 13.2. The van der Waals surface area contributed by atoms with Gasteiger partial charge in [0, 0.05) is 28.9 Å². The molecular weight excluding hydrogens is 501 g/mol. The van der Waals surface area contributed by atoms with Crippen molar-refractivity contribution in [3.8, 4) is 11.8 Å². The van der Waals surface area contributed by atoms with Gasteiger partial charge in [0.05, 0.1) is 6.54 Å². The summed E-state index contributed by atoms with van der Waals surface area (Å²) in [4.78, 5) is 35.9. The lowest BCUT2D eigenvalue weighted by molar-refractivity contribution is -0.130. The maximum absolute atomic E-state index is 13.2. The molecule has 0 aliphatic rings. The number of nitrogens with one attached hydrogen (secondary N) is 4. The molecule has 0 heterocycles. The number of hydrogen-bond acceptors (Lipinski definition) is 6. The van der Waals surface area contributed by atoms with E-state index in [9.17, 15) is 18.8 Å². The minimum absolute atomic E-state index is 0. The zero-order chi connectivity index (χ0) is 27.3. The lowest BCUT2D eigenvalue weighted by atomic mass is 10.1. The van der Waals surface area contributed by atoms with E-state index >= 15 is 0 Å². The van der Waals surface area contributed by atoms with Gasteiger partial charge in [0.25, 0.3) is 11.8 Å². The molecule has 0 bridgehead atoms. The molecule has 0 saturated heterocycles. The number of rotatable bonds is 10. The van der Waals surface area contributed by atoms with Crippen LogP contribution in [0.25, 0.3) is 0 Å². The van der Waals surface area contributed by atoms with Gasteiger partial charge < -0.3 is 21.7 Å². The van der Waals surface area contributed by atoms with Gasteiger partial charge in [0.15, 0.2) is 0 Å². The van der Waals surface area contributed by atoms with Gasteiger partial charge in [-0.3, -0.25) is 19.6 Å². The third-order valence-electron chi connectivity index (χ3n) is 5.40. The Labute approximate surface area is 227 Å². The van der Waals surface area contributed by atoms with Crippen molar-refractivity contribution in [2.45, 2.75) is 19.9 Å². The van der Waals surface area contributed by atoms with Crippen LogP contribution in [0, 0.1) is 17.7 Å². The summed E-state index contributed by atoms with van der Waals surface area (Å²) >= 11 is 0. The zero-order valence-corrected chi connectivity index (χ0v) is 20.5. The first kappa shape index (κ1) is 30.7. The zero-order valence-electron chi connectivity index (χ0n) is 20.5. The largest absolute Gasteiger partial charge is 0.339 e. The van der Waals surface area contributed by atoms with Crippen molar-refractivity contribution in [2.24, 2.45) is 5.73 Å². The molecule has 1 atom stereocenters. The Morgan fingerprint density at radius 1 is 0.949 bits per heavy atom. The number of anilines is 1. The number of hydrogen-bond donors (Lipinski definition) is 6. The van der Waals surface area contributed by atoms with Crippen LogP contribution in [-0.2, 0) is 16.0 Å². The lowest BCUT2D eigenvalue weighted by Gasteiger charge is -2.14. The number of hydroxylamine groups is 1. The van der Waals surface area contributed by atoms with Gasteiger partial charge >= 0.3 is 0 Å². The molecule has 0 aromatic heterocycles. The van der Waals surface area contributed by atoms with Crippen LogP contribution in [0.3, 0.4) is 0 Å². The molecule has 3 amide bonds. The molecule has 0 radical (unpaired) electrons. The minimum atomic E-state index is -1.05. The predicted octanol–water partition coefficient (Wildman–Crippen LogP) is 2.19. The van der Waals surface area contributed by atoms with E-state index in [0.717, 1.165) is 11.1 Å². The van der Waals surface area contributed by atoms with Crippen LogP contribution in [0.5, 0.6) is 0 Å². The van der Waals surface area contributed by atoms with Crippen molar-refractivity contribution in [3.05, 3.63) is 101 Å². The summed E-state index contributed by atoms with van der Waals surface area (Å²) in [6.45, 7) is 0.512. The molecule has 0 saturated carbocycles. The molecule has 0 unspecified atom stereocenters. The van der Waals surface area contributed by atoms with Crippen molar-refractivity contribution in [1.82, 2.24) is 16.1 Å². The highest BCUT2D eigenvalue weighted by molar-refractivity contribution is 5.97. The third-order valence-corrected chi connectivity index (χ3v) is 5.40.